The van der Waals surface area contributed by atoms with Gasteiger partial charge in [0.2, 0.25) is 0 Å². The van der Waals surface area contributed by atoms with Gasteiger partial charge < -0.3 is 4.90 Å². The van der Waals surface area contributed by atoms with Crippen LogP contribution in [0.3, 0.4) is 0 Å². The van der Waals surface area contributed by atoms with E-state index in [4.69, 9.17) is 0 Å². The van der Waals surface area contributed by atoms with Crippen molar-refractivity contribution in [1.82, 2.24) is 0 Å². The average molecular weight is 580 g/mol. The molecule has 40 heavy (non-hydrogen) atoms. The van der Waals surface area contributed by atoms with Gasteiger partial charge in [-0.1, -0.05) is 62.2 Å². The Hall–Kier alpha value is -3.45. The highest BCUT2D eigenvalue weighted by molar-refractivity contribution is 7.99. The highest BCUT2D eigenvalue weighted by atomic mass is 32.2. The molecule has 6 rings (SSSR count). The Balaban J connectivity index is 1.39. The molecule has 0 atom stereocenters. The fourth-order valence-corrected chi connectivity index (χ4v) is 7.88. The van der Waals surface area contributed by atoms with E-state index in [2.05, 4.69) is 72.5 Å². The minimum atomic E-state index is 0.734. The molecule has 0 radical (unpaired) electrons. The smallest absolute Gasteiger partial charge is 0.160 e. The van der Waals surface area contributed by atoms with Crippen molar-refractivity contribution in [2.75, 3.05) is 4.90 Å². The third-order valence-corrected chi connectivity index (χ3v) is 10.4. The SMILES string of the molecule is CCCCCCc1ccc(N2c3ccc(-c4ccc(C=O)s4)cc3Sc3cc(-c4ccc(C=O)s4)ccc32)cc1. The molecule has 0 fully saturated rings. The molecule has 2 aromatic heterocycles. The van der Waals surface area contributed by atoms with Crippen molar-refractivity contribution < 1.29 is 9.59 Å². The Bertz CT molecular complexity index is 1570. The summed E-state index contributed by atoms with van der Waals surface area (Å²) in [5.74, 6) is 0. The topological polar surface area (TPSA) is 37.4 Å². The van der Waals surface area contributed by atoms with Crippen LogP contribution in [0.2, 0.25) is 0 Å². The van der Waals surface area contributed by atoms with Crippen LogP contribution in [0.25, 0.3) is 20.9 Å². The summed E-state index contributed by atoms with van der Waals surface area (Å²) in [5, 5.41) is 0. The predicted molar refractivity (Wildman–Crippen MR) is 170 cm³/mol. The number of anilines is 3. The number of hydrogen-bond acceptors (Lipinski definition) is 6. The van der Waals surface area contributed by atoms with E-state index in [0.29, 0.717) is 0 Å². The number of unbranched alkanes of at least 4 members (excludes halogenated alkanes) is 3. The summed E-state index contributed by atoms with van der Waals surface area (Å²) in [5.41, 5.74) is 7.04. The van der Waals surface area contributed by atoms with E-state index in [1.165, 1.54) is 63.7 Å². The van der Waals surface area contributed by atoms with Crippen molar-refractivity contribution in [3.05, 3.63) is 100 Å². The second-order valence-electron chi connectivity index (χ2n) is 9.92. The third kappa shape index (κ3) is 5.44. The first-order valence-corrected chi connectivity index (χ1v) is 16.1. The van der Waals surface area contributed by atoms with Crippen LogP contribution in [0.1, 0.15) is 57.5 Å². The maximum atomic E-state index is 11.3. The molecule has 0 saturated carbocycles. The minimum Gasteiger partial charge on any atom is -0.308 e. The van der Waals surface area contributed by atoms with Crippen LogP contribution in [0.4, 0.5) is 17.1 Å². The molecule has 3 aromatic carbocycles. The summed E-state index contributed by atoms with van der Waals surface area (Å²) in [6, 6.07) is 30.0. The molecule has 1 aliphatic rings. The van der Waals surface area contributed by atoms with E-state index in [0.717, 1.165) is 66.7 Å². The molecule has 3 heterocycles. The van der Waals surface area contributed by atoms with Gasteiger partial charge >= 0.3 is 0 Å². The van der Waals surface area contributed by atoms with Crippen LogP contribution >= 0.6 is 34.4 Å². The van der Waals surface area contributed by atoms with Crippen LogP contribution in [-0.4, -0.2) is 12.6 Å². The molecule has 1 aliphatic heterocycles. The lowest BCUT2D eigenvalue weighted by molar-refractivity contribution is 0.111. The van der Waals surface area contributed by atoms with Gasteiger partial charge in [0.1, 0.15) is 0 Å². The zero-order valence-electron chi connectivity index (χ0n) is 22.3. The van der Waals surface area contributed by atoms with Crippen LogP contribution < -0.4 is 4.90 Å². The number of hydrogen-bond donors (Lipinski definition) is 0. The van der Waals surface area contributed by atoms with Gasteiger partial charge in [0.25, 0.3) is 0 Å². The van der Waals surface area contributed by atoms with Gasteiger partial charge in [-0.15, -0.1) is 22.7 Å². The van der Waals surface area contributed by atoms with Gasteiger partial charge in [-0.25, -0.2) is 0 Å². The lowest BCUT2D eigenvalue weighted by Crippen LogP contribution is -2.15. The Morgan fingerprint density at radius 1 is 0.650 bits per heavy atom. The van der Waals surface area contributed by atoms with Crippen molar-refractivity contribution in [3.63, 3.8) is 0 Å². The normalized spacial score (nSPS) is 12.2. The molecular weight excluding hydrogens is 551 g/mol. The Kier molecular flexibility index (Phi) is 8.00. The van der Waals surface area contributed by atoms with Crippen LogP contribution in [0.15, 0.2) is 94.7 Å². The van der Waals surface area contributed by atoms with Gasteiger partial charge in [0.05, 0.1) is 21.1 Å². The molecule has 0 unspecified atom stereocenters. The van der Waals surface area contributed by atoms with Crippen LogP contribution in [0.5, 0.6) is 0 Å². The maximum absolute atomic E-state index is 11.3. The van der Waals surface area contributed by atoms with Crippen LogP contribution in [-0.2, 0) is 6.42 Å². The Morgan fingerprint density at radius 3 is 1.73 bits per heavy atom. The van der Waals surface area contributed by atoms with Crippen LogP contribution in [0, 0.1) is 0 Å². The summed E-state index contributed by atoms with van der Waals surface area (Å²) >= 11 is 4.80. The number of thiophene rings is 2. The number of aryl methyl sites for hydroxylation is 1. The lowest BCUT2D eigenvalue weighted by Gasteiger charge is -2.33. The second-order valence-corrected chi connectivity index (χ2v) is 13.2. The minimum absolute atomic E-state index is 0.734. The molecule has 0 spiro atoms. The first-order chi connectivity index (χ1) is 19.7. The van der Waals surface area contributed by atoms with E-state index in [9.17, 15) is 9.59 Å². The molecule has 0 aliphatic carbocycles. The zero-order chi connectivity index (χ0) is 27.5. The molecule has 0 amide bonds. The molecular formula is C34H29NO2S3. The van der Waals surface area contributed by atoms with Crippen molar-refractivity contribution in [1.29, 1.82) is 0 Å². The Morgan fingerprint density at radius 2 is 1.23 bits per heavy atom. The number of carbonyl (C=O) groups excluding carboxylic acids is 2. The zero-order valence-corrected chi connectivity index (χ0v) is 24.7. The second kappa shape index (κ2) is 12.0. The van der Waals surface area contributed by atoms with Gasteiger partial charge in [-0.2, -0.15) is 0 Å². The number of carbonyl (C=O) groups is 2. The van der Waals surface area contributed by atoms with E-state index in [1.807, 2.05) is 24.3 Å². The Labute approximate surface area is 247 Å². The summed E-state index contributed by atoms with van der Waals surface area (Å²) in [6.45, 7) is 2.25. The number of fused-ring (bicyclic) bond motifs is 2. The van der Waals surface area contributed by atoms with Crippen molar-refractivity contribution in [3.8, 4) is 20.9 Å². The van der Waals surface area contributed by atoms with Gasteiger partial charge in [-0.05, 0) is 90.2 Å². The molecule has 0 N–H and O–H groups in total. The molecule has 6 heteroatoms. The first kappa shape index (κ1) is 26.8. The number of nitrogens with zero attached hydrogens (tertiary/aromatic N) is 1. The number of benzene rings is 3. The van der Waals surface area contributed by atoms with Gasteiger partial charge in [0.15, 0.2) is 12.6 Å². The quantitative estimate of drug-likeness (QED) is 0.119. The third-order valence-electron chi connectivity index (χ3n) is 7.19. The molecule has 0 bridgehead atoms. The van der Waals surface area contributed by atoms with E-state index < -0.39 is 0 Å². The highest BCUT2D eigenvalue weighted by Crippen LogP contribution is 2.53. The van der Waals surface area contributed by atoms with Gasteiger partial charge in [0, 0.05) is 25.2 Å². The largest absolute Gasteiger partial charge is 0.308 e. The van der Waals surface area contributed by atoms with E-state index in [-0.39, 0.29) is 0 Å². The number of rotatable bonds is 10. The maximum Gasteiger partial charge on any atom is 0.160 e. The fourth-order valence-electron chi connectivity index (χ4n) is 5.10. The summed E-state index contributed by atoms with van der Waals surface area (Å²) in [6.07, 6.45) is 8.00. The monoisotopic (exact) mass is 579 g/mol. The van der Waals surface area contributed by atoms with Crippen molar-refractivity contribution in [2.24, 2.45) is 0 Å². The standard InChI is InChI=1S/C34H29NO2S3/c1-2-3-4-5-6-23-7-11-26(12-8-23)35-29-15-9-24(31-17-13-27(21-36)38-31)19-33(29)40-34-20-25(10-16-30(34)35)32-18-14-28(22-37)39-32/h7-22H,2-6H2,1H3. The molecule has 3 nitrogen and oxygen atoms in total. The van der Waals surface area contributed by atoms with Crippen molar-refractivity contribution in [2.45, 2.75) is 48.8 Å². The van der Waals surface area contributed by atoms with Gasteiger partial charge in [-0.3, -0.25) is 9.59 Å². The summed E-state index contributed by atoms with van der Waals surface area (Å²) < 4.78 is 0. The lowest BCUT2D eigenvalue weighted by atomic mass is 10.0. The van der Waals surface area contributed by atoms with E-state index >= 15 is 0 Å². The summed E-state index contributed by atoms with van der Waals surface area (Å²) in [4.78, 5) is 30.9. The summed E-state index contributed by atoms with van der Waals surface area (Å²) in [7, 11) is 0. The average Bonchev–Trinajstić information content (AvgIpc) is 3.68. The molecule has 5 aromatic rings. The van der Waals surface area contributed by atoms with E-state index in [1.54, 1.807) is 11.8 Å². The molecule has 0 saturated heterocycles. The highest BCUT2D eigenvalue weighted by Gasteiger charge is 2.26. The number of aldehydes is 2. The predicted octanol–water partition coefficient (Wildman–Crippen LogP) is 10.8. The molecule has 200 valence electrons. The first-order valence-electron chi connectivity index (χ1n) is 13.6. The fraction of sp³-hybridized carbons (Fsp3) is 0.176. The van der Waals surface area contributed by atoms with Crippen molar-refractivity contribution >= 4 is 64.1 Å².